The molecule has 20 heavy (non-hydrogen) atoms. The second-order valence-corrected chi connectivity index (χ2v) is 4.53. The van der Waals surface area contributed by atoms with Crippen molar-refractivity contribution in [3.8, 4) is 5.75 Å². The summed E-state index contributed by atoms with van der Waals surface area (Å²) in [5.41, 5.74) is 2.54. The molecule has 0 aliphatic carbocycles. The molecule has 0 bridgehead atoms. The molecule has 0 unspecified atom stereocenters. The second-order valence-electron chi connectivity index (χ2n) is 3.68. The van der Waals surface area contributed by atoms with E-state index in [1.807, 2.05) is 0 Å². The van der Waals surface area contributed by atoms with Gasteiger partial charge in [-0.25, -0.2) is 5.43 Å². The normalized spacial score (nSPS) is 10.8. The summed E-state index contributed by atoms with van der Waals surface area (Å²) < 4.78 is 10.1. The third-order valence-corrected chi connectivity index (χ3v) is 2.86. The van der Waals surface area contributed by atoms with Crippen LogP contribution in [0.4, 0.5) is 0 Å². The van der Waals surface area contributed by atoms with Crippen LogP contribution in [-0.2, 0) is 0 Å². The number of carbonyl (C=O) groups is 1. The van der Waals surface area contributed by atoms with Gasteiger partial charge in [0, 0.05) is 5.02 Å². The molecule has 5 nitrogen and oxygen atoms in total. The van der Waals surface area contributed by atoms with Crippen LogP contribution in [0.2, 0.25) is 10.0 Å². The first-order chi connectivity index (χ1) is 9.61. The summed E-state index contributed by atoms with van der Waals surface area (Å²) in [6.45, 7) is 0. The molecular formula is C13H10Cl2N2O3. The first kappa shape index (κ1) is 14.4. The molecule has 0 aliphatic heterocycles. The standard InChI is InChI=1S/C13H10Cl2N2O3/c1-19-12-10(5-8(14)6-11(12)15)13(18)17-16-7-9-3-2-4-20-9/h2-7H,1H3,(H,17,18)/b16-7+. The number of hydrazone groups is 1. The van der Waals surface area contributed by atoms with Gasteiger partial charge in [-0.15, -0.1) is 0 Å². The predicted octanol–water partition coefficient (Wildman–Crippen LogP) is 3.36. The highest BCUT2D eigenvalue weighted by molar-refractivity contribution is 6.36. The zero-order chi connectivity index (χ0) is 14.5. The Kier molecular flexibility index (Phi) is 4.65. The molecule has 0 saturated carbocycles. The lowest BCUT2D eigenvalue weighted by molar-refractivity contribution is 0.0952. The lowest BCUT2D eigenvalue weighted by Gasteiger charge is -2.09. The van der Waals surface area contributed by atoms with Crippen molar-refractivity contribution in [2.24, 2.45) is 5.10 Å². The summed E-state index contributed by atoms with van der Waals surface area (Å²) in [5.74, 6) is 0.261. The van der Waals surface area contributed by atoms with E-state index in [0.717, 1.165) is 0 Å². The maximum Gasteiger partial charge on any atom is 0.275 e. The molecule has 0 saturated heterocycles. The number of carbonyl (C=O) groups excluding carboxylic acids is 1. The van der Waals surface area contributed by atoms with Crippen LogP contribution in [0.1, 0.15) is 16.1 Å². The molecule has 2 aromatic rings. The van der Waals surface area contributed by atoms with Gasteiger partial charge in [-0.2, -0.15) is 5.10 Å². The highest BCUT2D eigenvalue weighted by atomic mass is 35.5. The van der Waals surface area contributed by atoms with Gasteiger partial charge in [0.25, 0.3) is 5.91 Å². The summed E-state index contributed by atoms with van der Waals surface area (Å²) in [5, 5.41) is 4.34. The van der Waals surface area contributed by atoms with Crippen LogP contribution in [-0.4, -0.2) is 19.2 Å². The molecule has 1 amide bonds. The van der Waals surface area contributed by atoms with Crippen molar-refractivity contribution >= 4 is 35.3 Å². The average Bonchev–Trinajstić information content (AvgIpc) is 2.91. The summed E-state index contributed by atoms with van der Waals surface area (Å²) >= 11 is 11.8. The molecule has 0 radical (unpaired) electrons. The third-order valence-electron chi connectivity index (χ3n) is 2.36. The fraction of sp³-hybridized carbons (Fsp3) is 0.0769. The van der Waals surface area contributed by atoms with Gasteiger partial charge in [0.1, 0.15) is 11.5 Å². The molecule has 0 fully saturated rings. The molecule has 0 spiro atoms. The third kappa shape index (κ3) is 3.31. The van der Waals surface area contributed by atoms with Crippen molar-refractivity contribution in [3.63, 3.8) is 0 Å². The number of hydrogen-bond donors (Lipinski definition) is 1. The van der Waals surface area contributed by atoms with E-state index in [1.165, 1.54) is 31.7 Å². The lowest BCUT2D eigenvalue weighted by Crippen LogP contribution is -2.18. The molecule has 7 heteroatoms. The number of methoxy groups -OCH3 is 1. The smallest absolute Gasteiger partial charge is 0.275 e. The highest BCUT2D eigenvalue weighted by Crippen LogP contribution is 2.32. The Balaban J connectivity index is 2.17. The predicted molar refractivity (Wildman–Crippen MR) is 76.8 cm³/mol. The van der Waals surface area contributed by atoms with Crippen molar-refractivity contribution in [2.45, 2.75) is 0 Å². The van der Waals surface area contributed by atoms with Gasteiger partial charge >= 0.3 is 0 Å². The summed E-state index contributed by atoms with van der Waals surface area (Å²) in [4.78, 5) is 12.0. The summed E-state index contributed by atoms with van der Waals surface area (Å²) in [6.07, 6.45) is 2.87. The van der Waals surface area contributed by atoms with Crippen LogP contribution in [0.25, 0.3) is 0 Å². The Bertz CT molecular complexity index is 639. The van der Waals surface area contributed by atoms with Crippen LogP contribution >= 0.6 is 23.2 Å². The number of furan rings is 1. The van der Waals surface area contributed by atoms with Crippen LogP contribution in [0.3, 0.4) is 0 Å². The molecule has 104 valence electrons. The molecule has 1 heterocycles. The van der Waals surface area contributed by atoms with Crippen molar-refractivity contribution in [3.05, 3.63) is 51.9 Å². The van der Waals surface area contributed by atoms with E-state index in [4.69, 9.17) is 32.4 Å². The van der Waals surface area contributed by atoms with Crippen molar-refractivity contribution in [1.82, 2.24) is 5.43 Å². The van der Waals surface area contributed by atoms with E-state index in [2.05, 4.69) is 10.5 Å². The fourth-order valence-electron chi connectivity index (χ4n) is 1.52. The summed E-state index contributed by atoms with van der Waals surface area (Å²) in [7, 11) is 1.41. The maximum atomic E-state index is 12.0. The Morgan fingerprint density at radius 1 is 1.45 bits per heavy atom. The summed E-state index contributed by atoms with van der Waals surface area (Å²) in [6, 6.07) is 6.35. The van der Waals surface area contributed by atoms with E-state index in [-0.39, 0.29) is 16.3 Å². The number of nitrogens with one attached hydrogen (secondary N) is 1. The van der Waals surface area contributed by atoms with Crippen molar-refractivity contribution < 1.29 is 13.9 Å². The molecule has 0 aliphatic rings. The van der Waals surface area contributed by atoms with Crippen LogP contribution in [0, 0.1) is 0 Å². The lowest BCUT2D eigenvalue weighted by atomic mass is 10.2. The van der Waals surface area contributed by atoms with Gasteiger partial charge in [0.15, 0.2) is 0 Å². The number of ether oxygens (including phenoxy) is 1. The van der Waals surface area contributed by atoms with Gasteiger partial charge in [0.2, 0.25) is 0 Å². The van der Waals surface area contributed by atoms with Gasteiger partial charge in [-0.1, -0.05) is 23.2 Å². The van der Waals surface area contributed by atoms with E-state index in [0.29, 0.717) is 10.8 Å². The number of rotatable bonds is 4. The van der Waals surface area contributed by atoms with Crippen molar-refractivity contribution in [2.75, 3.05) is 7.11 Å². The van der Waals surface area contributed by atoms with Crippen LogP contribution in [0.15, 0.2) is 40.0 Å². The van der Waals surface area contributed by atoms with Gasteiger partial charge < -0.3 is 9.15 Å². The Morgan fingerprint density at radius 3 is 2.90 bits per heavy atom. The minimum Gasteiger partial charge on any atom is -0.494 e. The van der Waals surface area contributed by atoms with Gasteiger partial charge in [-0.3, -0.25) is 4.79 Å². The number of halogens is 2. The molecule has 1 N–H and O–H groups in total. The van der Waals surface area contributed by atoms with Crippen LogP contribution in [0.5, 0.6) is 5.75 Å². The Hall–Kier alpha value is -1.98. The van der Waals surface area contributed by atoms with Crippen molar-refractivity contribution in [1.29, 1.82) is 0 Å². The molecule has 2 rings (SSSR count). The maximum absolute atomic E-state index is 12.0. The highest BCUT2D eigenvalue weighted by Gasteiger charge is 2.16. The van der Waals surface area contributed by atoms with E-state index >= 15 is 0 Å². The topological polar surface area (TPSA) is 63.8 Å². The molecule has 0 atom stereocenters. The van der Waals surface area contributed by atoms with E-state index in [9.17, 15) is 4.79 Å². The molecular weight excluding hydrogens is 303 g/mol. The number of nitrogens with zero attached hydrogens (tertiary/aromatic N) is 1. The fourth-order valence-corrected chi connectivity index (χ4v) is 2.09. The van der Waals surface area contributed by atoms with Gasteiger partial charge in [0.05, 0.1) is 30.2 Å². The Morgan fingerprint density at radius 2 is 2.25 bits per heavy atom. The zero-order valence-corrected chi connectivity index (χ0v) is 11.9. The molecule has 1 aromatic heterocycles. The number of hydrogen-bond acceptors (Lipinski definition) is 4. The quantitative estimate of drug-likeness (QED) is 0.695. The van der Waals surface area contributed by atoms with Gasteiger partial charge in [-0.05, 0) is 24.3 Å². The minimum atomic E-state index is -0.492. The largest absolute Gasteiger partial charge is 0.494 e. The monoisotopic (exact) mass is 312 g/mol. The second kappa shape index (κ2) is 6.45. The van der Waals surface area contributed by atoms with Crippen LogP contribution < -0.4 is 10.2 Å². The zero-order valence-electron chi connectivity index (χ0n) is 10.4. The van der Waals surface area contributed by atoms with E-state index < -0.39 is 5.91 Å². The first-order valence-corrected chi connectivity index (χ1v) is 6.27. The SMILES string of the molecule is COc1c(Cl)cc(Cl)cc1C(=O)N/N=C/c1ccco1. The first-order valence-electron chi connectivity index (χ1n) is 5.51. The molecule has 1 aromatic carbocycles. The number of amides is 1. The van der Waals surface area contributed by atoms with E-state index in [1.54, 1.807) is 12.1 Å². The average molecular weight is 313 g/mol. The number of benzene rings is 1. The Labute approximate surface area is 125 Å². The minimum absolute atomic E-state index is 0.196.